The summed E-state index contributed by atoms with van der Waals surface area (Å²) in [5, 5.41) is 17.0. The predicted molar refractivity (Wildman–Crippen MR) is 107 cm³/mol. The predicted octanol–water partition coefficient (Wildman–Crippen LogP) is 3.21. The van der Waals surface area contributed by atoms with Gasteiger partial charge in [-0.15, -0.1) is 5.10 Å². The summed E-state index contributed by atoms with van der Waals surface area (Å²) in [7, 11) is 1.25. The van der Waals surface area contributed by atoms with Crippen molar-refractivity contribution in [2.75, 3.05) is 17.3 Å². The van der Waals surface area contributed by atoms with E-state index in [1.807, 2.05) is 43.3 Å². The molecule has 0 spiro atoms. The van der Waals surface area contributed by atoms with E-state index >= 15 is 0 Å². The lowest BCUT2D eigenvalue weighted by molar-refractivity contribution is -0.112. The highest BCUT2D eigenvalue weighted by atomic mass is 16.5. The van der Waals surface area contributed by atoms with Crippen molar-refractivity contribution < 1.29 is 14.3 Å². The number of fused-ring (bicyclic) bond motifs is 1. The molecule has 0 saturated carbocycles. The van der Waals surface area contributed by atoms with Gasteiger partial charge in [0.1, 0.15) is 0 Å². The first-order valence-electron chi connectivity index (χ1n) is 9.00. The Morgan fingerprint density at radius 1 is 1.17 bits per heavy atom. The molecule has 0 unspecified atom stereocenters. The summed E-state index contributed by atoms with van der Waals surface area (Å²) in [6.07, 6.45) is -0.143. The molecule has 146 valence electrons. The van der Waals surface area contributed by atoms with Crippen molar-refractivity contribution in [1.29, 1.82) is 0 Å². The number of aromatic amines is 1. The van der Waals surface area contributed by atoms with Crippen LogP contribution in [0.15, 0.2) is 54.2 Å². The van der Waals surface area contributed by atoms with E-state index in [0.29, 0.717) is 34.8 Å². The Labute approximate surface area is 166 Å². The number of nitrogens with zero attached hydrogens (tertiary/aromatic N) is 4. The highest BCUT2D eigenvalue weighted by Crippen LogP contribution is 2.39. The standard InChI is InChI=1S/C20H18N6O3/c1-3-15(21-13-10-8-12(9-11-13)18-22-24-25-23-18)17-14-6-4-5-7-16(14)26(19(17)27)20(28)29-2/h4-11,21H,3H2,1-2H3,(H,22,23,24,25). The van der Waals surface area contributed by atoms with Gasteiger partial charge in [0, 0.05) is 22.5 Å². The van der Waals surface area contributed by atoms with Gasteiger partial charge >= 0.3 is 6.09 Å². The number of para-hydroxylation sites is 1. The number of hydrogen-bond acceptors (Lipinski definition) is 7. The van der Waals surface area contributed by atoms with Gasteiger partial charge in [-0.2, -0.15) is 0 Å². The average molecular weight is 390 g/mol. The highest BCUT2D eigenvalue weighted by molar-refractivity contribution is 6.39. The molecule has 29 heavy (non-hydrogen) atoms. The Morgan fingerprint density at radius 3 is 2.59 bits per heavy atom. The molecule has 0 fully saturated rings. The summed E-state index contributed by atoms with van der Waals surface area (Å²) >= 11 is 0. The second-order valence-corrected chi connectivity index (χ2v) is 6.29. The number of rotatable bonds is 4. The van der Waals surface area contributed by atoms with Crippen LogP contribution in [0.2, 0.25) is 0 Å². The summed E-state index contributed by atoms with van der Waals surface area (Å²) in [5.41, 5.74) is 4.01. The molecule has 2 N–H and O–H groups in total. The number of amides is 2. The monoisotopic (exact) mass is 390 g/mol. The topological polar surface area (TPSA) is 113 Å². The normalized spacial score (nSPS) is 14.6. The molecule has 4 rings (SSSR count). The number of methoxy groups -OCH3 is 1. The van der Waals surface area contributed by atoms with Crippen LogP contribution in [0.4, 0.5) is 16.2 Å². The number of anilines is 2. The lowest BCUT2D eigenvalue weighted by atomic mass is 10.0. The molecule has 1 aromatic heterocycles. The third-order valence-corrected chi connectivity index (χ3v) is 4.64. The summed E-state index contributed by atoms with van der Waals surface area (Å²) in [4.78, 5) is 26.3. The summed E-state index contributed by atoms with van der Waals surface area (Å²) in [6, 6.07) is 14.6. The number of H-pyrrole nitrogens is 1. The molecule has 1 aliphatic heterocycles. The van der Waals surface area contributed by atoms with Crippen molar-refractivity contribution in [1.82, 2.24) is 20.6 Å². The molecule has 0 atom stereocenters. The van der Waals surface area contributed by atoms with Gasteiger partial charge < -0.3 is 10.1 Å². The maximum absolute atomic E-state index is 13.1. The fraction of sp³-hybridized carbons (Fsp3) is 0.150. The van der Waals surface area contributed by atoms with Gasteiger partial charge in [0.25, 0.3) is 5.91 Å². The number of benzene rings is 2. The van der Waals surface area contributed by atoms with Crippen LogP contribution < -0.4 is 10.2 Å². The van der Waals surface area contributed by atoms with Gasteiger partial charge in [-0.1, -0.05) is 25.1 Å². The third kappa shape index (κ3) is 3.22. The minimum absolute atomic E-state index is 0.410. The fourth-order valence-electron chi connectivity index (χ4n) is 3.28. The molecule has 9 nitrogen and oxygen atoms in total. The zero-order valence-electron chi connectivity index (χ0n) is 15.8. The van der Waals surface area contributed by atoms with E-state index in [9.17, 15) is 9.59 Å². The van der Waals surface area contributed by atoms with E-state index in [1.165, 1.54) is 7.11 Å². The quantitative estimate of drug-likeness (QED) is 0.658. The molecule has 0 radical (unpaired) electrons. The molecule has 2 heterocycles. The average Bonchev–Trinajstić information content (AvgIpc) is 3.38. The number of ether oxygens (including phenoxy) is 1. The first-order chi connectivity index (χ1) is 14.1. The van der Waals surface area contributed by atoms with E-state index in [-0.39, 0.29) is 0 Å². The minimum atomic E-state index is -0.710. The molecule has 2 aromatic carbocycles. The lowest BCUT2D eigenvalue weighted by Gasteiger charge is -2.14. The summed E-state index contributed by atoms with van der Waals surface area (Å²) < 4.78 is 4.79. The number of tetrazole rings is 1. The Bertz CT molecular complexity index is 1090. The maximum atomic E-state index is 13.1. The number of aromatic nitrogens is 4. The molecule has 3 aromatic rings. The van der Waals surface area contributed by atoms with Crippen LogP contribution in [0.5, 0.6) is 0 Å². The van der Waals surface area contributed by atoms with Gasteiger partial charge in [0.2, 0.25) is 0 Å². The lowest BCUT2D eigenvalue weighted by Crippen LogP contribution is -2.33. The molecule has 0 saturated heterocycles. The minimum Gasteiger partial charge on any atom is -0.452 e. The van der Waals surface area contributed by atoms with Crippen molar-refractivity contribution in [3.05, 3.63) is 59.8 Å². The smallest absolute Gasteiger partial charge is 0.421 e. The van der Waals surface area contributed by atoms with Gasteiger partial charge in [0.05, 0.1) is 18.4 Å². The molecule has 2 amide bonds. The number of carbonyl (C=O) groups is 2. The van der Waals surface area contributed by atoms with E-state index in [2.05, 4.69) is 25.9 Å². The zero-order chi connectivity index (χ0) is 20.4. The van der Waals surface area contributed by atoms with Crippen molar-refractivity contribution in [2.24, 2.45) is 0 Å². The van der Waals surface area contributed by atoms with Crippen molar-refractivity contribution in [2.45, 2.75) is 13.3 Å². The van der Waals surface area contributed by atoms with Crippen LogP contribution in [0.1, 0.15) is 18.9 Å². The van der Waals surface area contributed by atoms with Crippen LogP contribution in [-0.2, 0) is 9.53 Å². The Kier molecular flexibility index (Phi) is 4.78. The first-order valence-corrected chi connectivity index (χ1v) is 9.00. The Hall–Kier alpha value is -4.01. The van der Waals surface area contributed by atoms with E-state index in [4.69, 9.17) is 4.74 Å². The van der Waals surface area contributed by atoms with E-state index in [1.54, 1.807) is 12.1 Å². The SMILES string of the molecule is CCC(Nc1ccc(-c2nnn[nH]2)cc1)=C1C(=O)N(C(=O)OC)c2ccccc21. The Morgan fingerprint density at radius 2 is 1.93 bits per heavy atom. The summed E-state index contributed by atoms with van der Waals surface area (Å²) in [6.45, 7) is 1.95. The molecule has 0 aliphatic carbocycles. The molecular formula is C20H18N6O3. The van der Waals surface area contributed by atoms with Gasteiger partial charge in [-0.3, -0.25) is 4.79 Å². The van der Waals surface area contributed by atoms with Crippen molar-refractivity contribution >= 4 is 28.9 Å². The zero-order valence-corrected chi connectivity index (χ0v) is 15.8. The highest BCUT2D eigenvalue weighted by Gasteiger charge is 2.38. The van der Waals surface area contributed by atoms with E-state index < -0.39 is 12.0 Å². The van der Waals surface area contributed by atoms with Gasteiger partial charge in [-0.25, -0.2) is 14.8 Å². The third-order valence-electron chi connectivity index (χ3n) is 4.64. The van der Waals surface area contributed by atoms with Crippen LogP contribution >= 0.6 is 0 Å². The van der Waals surface area contributed by atoms with Crippen molar-refractivity contribution in [3.63, 3.8) is 0 Å². The molecule has 0 bridgehead atoms. The maximum Gasteiger partial charge on any atom is 0.421 e. The van der Waals surface area contributed by atoms with Gasteiger partial charge in [0.15, 0.2) is 5.82 Å². The molecule has 1 aliphatic rings. The largest absolute Gasteiger partial charge is 0.452 e. The number of hydrogen-bond donors (Lipinski definition) is 2. The first kappa shape index (κ1) is 18.4. The number of carbonyl (C=O) groups excluding carboxylic acids is 2. The summed E-state index contributed by atoms with van der Waals surface area (Å²) in [5.74, 6) is 0.158. The number of imide groups is 1. The Balaban J connectivity index is 1.71. The molecular weight excluding hydrogens is 372 g/mol. The van der Waals surface area contributed by atoms with E-state index in [0.717, 1.165) is 16.2 Å². The number of allylic oxidation sites excluding steroid dienone is 1. The van der Waals surface area contributed by atoms with Gasteiger partial charge in [-0.05, 0) is 47.2 Å². The van der Waals surface area contributed by atoms with Crippen LogP contribution in [-0.4, -0.2) is 39.7 Å². The van der Waals surface area contributed by atoms with Crippen molar-refractivity contribution in [3.8, 4) is 11.4 Å². The van der Waals surface area contributed by atoms with Crippen LogP contribution in [0.3, 0.4) is 0 Å². The fourth-order valence-corrected chi connectivity index (χ4v) is 3.28. The number of nitrogens with one attached hydrogen (secondary N) is 2. The van der Waals surface area contributed by atoms with Crippen LogP contribution in [0, 0.1) is 0 Å². The molecule has 9 heteroatoms. The second kappa shape index (κ2) is 7.55. The van der Waals surface area contributed by atoms with Crippen LogP contribution in [0.25, 0.3) is 17.0 Å². The second-order valence-electron chi connectivity index (χ2n) is 6.29.